The SMILES string of the molecule is CCN(Cc1ccco1)c1ccc(CNC2CC2)c(Cl)c1. The van der Waals surface area contributed by atoms with Crippen molar-refractivity contribution >= 4 is 17.3 Å². The number of furan rings is 1. The van der Waals surface area contributed by atoms with Gasteiger partial charge < -0.3 is 14.6 Å². The molecule has 1 saturated carbocycles. The molecule has 0 radical (unpaired) electrons. The van der Waals surface area contributed by atoms with Crippen molar-refractivity contribution in [3.63, 3.8) is 0 Å². The van der Waals surface area contributed by atoms with E-state index in [4.69, 9.17) is 16.0 Å². The molecule has 21 heavy (non-hydrogen) atoms. The van der Waals surface area contributed by atoms with E-state index in [0.29, 0.717) is 6.04 Å². The minimum atomic E-state index is 0.701. The molecular weight excluding hydrogens is 284 g/mol. The summed E-state index contributed by atoms with van der Waals surface area (Å²) in [5, 5.41) is 4.33. The van der Waals surface area contributed by atoms with E-state index in [-0.39, 0.29) is 0 Å². The third kappa shape index (κ3) is 3.80. The Kier molecular flexibility index (Phi) is 4.51. The molecule has 0 unspecified atom stereocenters. The lowest BCUT2D eigenvalue weighted by molar-refractivity contribution is 0.503. The Morgan fingerprint density at radius 3 is 2.81 bits per heavy atom. The summed E-state index contributed by atoms with van der Waals surface area (Å²) in [5.74, 6) is 0.965. The first-order valence-electron chi connectivity index (χ1n) is 7.55. The van der Waals surface area contributed by atoms with Gasteiger partial charge in [-0.15, -0.1) is 0 Å². The van der Waals surface area contributed by atoms with Crippen LogP contribution < -0.4 is 10.2 Å². The fourth-order valence-corrected chi connectivity index (χ4v) is 2.64. The van der Waals surface area contributed by atoms with Crippen LogP contribution in [0.1, 0.15) is 31.1 Å². The van der Waals surface area contributed by atoms with Crippen molar-refractivity contribution < 1.29 is 4.42 Å². The van der Waals surface area contributed by atoms with Gasteiger partial charge in [0.2, 0.25) is 0 Å². The summed E-state index contributed by atoms with van der Waals surface area (Å²) in [4.78, 5) is 2.25. The van der Waals surface area contributed by atoms with E-state index in [1.54, 1.807) is 6.26 Å². The topological polar surface area (TPSA) is 28.4 Å². The minimum Gasteiger partial charge on any atom is -0.467 e. The van der Waals surface area contributed by atoms with Crippen LogP contribution in [0.3, 0.4) is 0 Å². The lowest BCUT2D eigenvalue weighted by atomic mass is 10.2. The number of hydrogen-bond donors (Lipinski definition) is 1. The maximum Gasteiger partial charge on any atom is 0.123 e. The molecule has 1 aromatic carbocycles. The highest BCUT2D eigenvalue weighted by molar-refractivity contribution is 6.31. The number of rotatable bonds is 7. The molecule has 0 aliphatic heterocycles. The summed E-state index contributed by atoms with van der Waals surface area (Å²) >= 11 is 6.43. The Labute approximate surface area is 130 Å². The van der Waals surface area contributed by atoms with Gasteiger partial charge >= 0.3 is 0 Å². The first-order valence-corrected chi connectivity index (χ1v) is 7.93. The second-order valence-electron chi connectivity index (χ2n) is 5.52. The van der Waals surface area contributed by atoms with Gasteiger partial charge in [0.15, 0.2) is 0 Å². The molecule has 0 amide bonds. The Bertz CT molecular complexity index is 578. The second kappa shape index (κ2) is 6.54. The summed E-state index contributed by atoms with van der Waals surface area (Å²) in [6.07, 6.45) is 4.30. The quantitative estimate of drug-likeness (QED) is 0.830. The molecule has 2 aromatic rings. The number of halogens is 1. The number of nitrogens with zero attached hydrogens (tertiary/aromatic N) is 1. The maximum absolute atomic E-state index is 6.43. The van der Waals surface area contributed by atoms with Crippen LogP contribution in [0, 0.1) is 0 Å². The molecule has 1 heterocycles. The zero-order valence-corrected chi connectivity index (χ0v) is 13.1. The van der Waals surface area contributed by atoms with Gasteiger partial charge in [-0.25, -0.2) is 0 Å². The van der Waals surface area contributed by atoms with Gasteiger partial charge in [0.05, 0.1) is 12.8 Å². The van der Waals surface area contributed by atoms with Gasteiger partial charge in [-0.2, -0.15) is 0 Å². The summed E-state index contributed by atoms with van der Waals surface area (Å²) in [5.41, 5.74) is 2.30. The lowest BCUT2D eigenvalue weighted by Gasteiger charge is -2.22. The zero-order chi connectivity index (χ0) is 14.7. The molecule has 3 nitrogen and oxygen atoms in total. The van der Waals surface area contributed by atoms with Crippen molar-refractivity contribution in [1.29, 1.82) is 0 Å². The highest BCUT2D eigenvalue weighted by Gasteiger charge is 2.20. The van der Waals surface area contributed by atoms with Gasteiger partial charge in [0, 0.05) is 29.8 Å². The van der Waals surface area contributed by atoms with E-state index in [1.807, 2.05) is 12.1 Å². The van der Waals surface area contributed by atoms with Crippen molar-refractivity contribution in [3.8, 4) is 0 Å². The van der Waals surface area contributed by atoms with Crippen LogP contribution in [0.15, 0.2) is 41.0 Å². The predicted octanol–water partition coefficient (Wildman–Crippen LogP) is 4.21. The molecule has 0 atom stereocenters. The van der Waals surface area contributed by atoms with Crippen molar-refractivity contribution in [2.24, 2.45) is 0 Å². The zero-order valence-electron chi connectivity index (χ0n) is 12.3. The molecular formula is C17H21ClN2O. The van der Waals surface area contributed by atoms with E-state index in [1.165, 1.54) is 18.4 Å². The van der Waals surface area contributed by atoms with Crippen LogP contribution in [0.25, 0.3) is 0 Å². The summed E-state index contributed by atoms with van der Waals surface area (Å²) in [6, 6.07) is 10.9. The third-order valence-electron chi connectivity index (χ3n) is 3.87. The average Bonchev–Trinajstić information content (AvgIpc) is 3.18. The smallest absolute Gasteiger partial charge is 0.123 e. The van der Waals surface area contributed by atoms with Crippen LogP contribution in [0.4, 0.5) is 5.69 Å². The highest BCUT2D eigenvalue weighted by Crippen LogP contribution is 2.26. The van der Waals surface area contributed by atoms with Crippen LogP contribution in [-0.2, 0) is 13.1 Å². The predicted molar refractivity (Wildman–Crippen MR) is 86.7 cm³/mol. The van der Waals surface area contributed by atoms with Gasteiger partial charge in [0.25, 0.3) is 0 Å². The van der Waals surface area contributed by atoms with Crippen LogP contribution in [0.5, 0.6) is 0 Å². The summed E-state index contributed by atoms with van der Waals surface area (Å²) in [6.45, 7) is 4.67. The molecule has 0 bridgehead atoms. The largest absolute Gasteiger partial charge is 0.467 e. The number of anilines is 1. The van der Waals surface area contributed by atoms with Crippen LogP contribution in [0.2, 0.25) is 5.02 Å². The van der Waals surface area contributed by atoms with E-state index in [0.717, 1.165) is 36.1 Å². The Morgan fingerprint density at radius 1 is 1.33 bits per heavy atom. The Balaban J connectivity index is 1.69. The monoisotopic (exact) mass is 304 g/mol. The summed E-state index contributed by atoms with van der Waals surface area (Å²) in [7, 11) is 0. The van der Waals surface area contributed by atoms with E-state index in [9.17, 15) is 0 Å². The molecule has 0 saturated heterocycles. The van der Waals surface area contributed by atoms with Gasteiger partial charge in [0.1, 0.15) is 5.76 Å². The Hall–Kier alpha value is -1.45. The van der Waals surface area contributed by atoms with Crippen molar-refractivity contribution in [2.45, 2.75) is 38.9 Å². The number of nitrogens with one attached hydrogen (secondary N) is 1. The standard InChI is InChI=1S/C17H21ClN2O/c1-2-20(12-16-4-3-9-21-16)15-8-5-13(17(18)10-15)11-19-14-6-7-14/h3-5,8-10,14,19H,2,6-7,11-12H2,1H3. The molecule has 112 valence electrons. The number of hydrogen-bond acceptors (Lipinski definition) is 3. The molecule has 1 aliphatic rings. The van der Waals surface area contributed by atoms with Gasteiger partial charge in [-0.05, 0) is 49.6 Å². The second-order valence-corrected chi connectivity index (χ2v) is 5.93. The molecule has 3 rings (SSSR count). The lowest BCUT2D eigenvalue weighted by Crippen LogP contribution is -2.22. The molecule has 1 N–H and O–H groups in total. The molecule has 1 fully saturated rings. The van der Waals surface area contributed by atoms with Crippen molar-refractivity contribution in [2.75, 3.05) is 11.4 Å². The maximum atomic E-state index is 6.43. The first-order chi connectivity index (χ1) is 10.3. The van der Waals surface area contributed by atoms with Gasteiger partial charge in [-0.3, -0.25) is 0 Å². The molecule has 1 aliphatic carbocycles. The average molecular weight is 305 g/mol. The van der Waals surface area contributed by atoms with E-state index >= 15 is 0 Å². The van der Waals surface area contributed by atoms with Crippen LogP contribution >= 0.6 is 11.6 Å². The van der Waals surface area contributed by atoms with E-state index in [2.05, 4.69) is 35.3 Å². The van der Waals surface area contributed by atoms with Crippen molar-refractivity contribution in [1.82, 2.24) is 5.32 Å². The molecule has 1 aromatic heterocycles. The third-order valence-corrected chi connectivity index (χ3v) is 4.22. The molecule has 4 heteroatoms. The van der Waals surface area contributed by atoms with E-state index < -0.39 is 0 Å². The van der Waals surface area contributed by atoms with Gasteiger partial charge in [-0.1, -0.05) is 17.7 Å². The minimum absolute atomic E-state index is 0.701. The van der Waals surface area contributed by atoms with Crippen LogP contribution in [-0.4, -0.2) is 12.6 Å². The molecule has 0 spiro atoms. The first kappa shape index (κ1) is 14.5. The fourth-order valence-electron chi connectivity index (χ4n) is 2.39. The highest BCUT2D eigenvalue weighted by atomic mass is 35.5. The normalized spacial score (nSPS) is 14.4. The number of benzene rings is 1. The summed E-state index contributed by atoms with van der Waals surface area (Å²) < 4.78 is 5.43. The van der Waals surface area contributed by atoms with Crippen molar-refractivity contribution in [3.05, 3.63) is 52.9 Å². The Morgan fingerprint density at radius 2 is 2.19 bits per heavy atom. The fraction of sp³-hybridized carbons (Fsp3) is 0.412.